The molecule has 0 spiro atoms. The number of pyridine rings is 1. The molecule has 104 valence electrons. The third kappa shape index (κ3) is 4.21. The van der Waals surface area contributed by atoms with Crippen LogP contribution < -0.4 is 0 Å². The van der Waals surface area contributed by atoms with Gasteiger partial charge >= 0.3 is 6.09 Å². The van der Waals surface area contributed by atoms with Crippen molar-refractivity contribution in [2.24, 2.45) is 0 Å². The van der Waals surface area contributed by atoms with Gasteiger partial charge in [0.15, 0.2) is 0 Å². The molecule has 2 rings (SSSR count). The molecule has 5 nitrogen and oxygen atoms in total. The summed E-state index contributed by atoms with van der Waals surface area (Å²) in [6.07, 6.45) is 1.26. The van der Waals surface area contributed by atoms with Gasteiger partial charge in [-0.3, -0.25) is 9.88 Å². The molecule has 0 saturated carbocycles. The minimum absolute atomic E-state index is 0.623. The van der Waals surface area contributed by atoms with Crippen LogP contribution in [0.25, 0.3) is 0 Å². The van der Waals surface area contributed by atoms with Gasteiger partial charge in [-0.2, -0.15) is 0 Å². The van der Waals surface area contributed by atoms with Gasteiger partial charge < -0.3 is 10.0 Å². The van der Waals surface area contributed by atoms with Gasteiger partial charge in [-0.05, 0) is 38.4 Å². The molecule has 1 fully saturated rings. The Hall–Kier alpha value is -1.62. The molecule has 1 aliphatic rings. The van der Waals surface area contributed by atoms with Gasteiger partial charge in [0, 0.05) is 37.6 Å². The van der Waals surface area contributed by atoms with E-state index in [2.05, 4.69) is 16.0 Å². The molecular formula is C14H21N3O2. The maximum Gasteiger partial charge on any atom is 0.407 e. The minimum atomic E-state index is -0.802. The van der Waals surface area contributed by atoms with E-state index in [1.807, 2.05) is 19.1 Å². The summed E-state index contributed by atoms with van der Waals surface area (Å²) in [5.41, 5.74) is 2.21. The molecule has 1 aliphatic heterocycles. The van der Waals surface area contributed by atoms with E-state index < -0.39 is 6.09 Å². The third-order valence-corrected chi connectivity index (χ3v) is 3.50. The van der Waals surface area contributed by atoms with E-state index in [0.717, 1.165) is 43.9 Å². The van der Waals surface area contributed by atoms with Crippen LogP contribution in [-0.4, -0.2) is 58.7 Å². The van der Waals surface area contributed by atoms with Crippen LogP contribution in [0.2, 0.25) is 0 Å². The number of nitrogens with zero attached hydrogens (tertiary/aromatic N) is 3. The number of aryl methyl sites for hydroxylation is 2. The summed E-state index contributed by atoms with van der Waals surface area (Å²) < 4.78 is 0. The van der Waals surface area contributed by atoms with Crippen molar-refractivity contribution in [3.8, 4) is 0 Å². The predicted molar refractivity (Wildman–Crippen MR) is 73.3 cm³/mol. The summed E-state index contributed by atoms with van der Waals surface area (Å²) in [5, 5.41) is 8.87. The Bertz CT molecular complexity index is 428. The Kier molecular flexibility index (Phi) is 4.74. The van der Waals surface area contributed by atoms with Crippen molar-refractivity contribution < 1.29 is 9.90 Å². The average molecular weight is 263 g/mol. The van der Waals surface area contributed by atoms with Crippen LogP contribution in [0, 0.1) is 6.92 Å². The second-order valence-electron chi connectivity index (χ2n) is 4.99. The number of piperazine rings is 1. The Balaban J connectivity index is 1.68. The number of amides is 1. The van der Waals surface area contributed by atoms with E-state index in [9.17, 15) is 4.79 Å². The monoisotopic (exact) mass is 263 g/mol. The molecule has 0 atom stereocenters. The smallest absolute Gasteiger partial charge is 0.407 e. The van der Waals surface area contributed by atoms with Gasteiger partial charge in [0.2, 0.25) is 0 Å². The molecule has 2 heterocycles. The molecule has 1 amide bonds. The highest BCUT2D eigenvalue weighted by Gasteiger charge is 2.19. The second-order valence-corrected chi connectivity index (χ2v) is 4.99. The average Bonchev–Trinajstić information content (AvgIpc) is 2.39. The highest BCUT2D eigenvalue weighted by atomic mass is 16.4. The zero-order valence-electron chi connectivity index (χ0n) is 11.4. The molecular weight excluding hydrogens is 242 g/mol. The van der Waals surface area contributed by atoms with E-state index >= 15 is 0 Å². The largest absolute Gasteiger partial charge is 0.465 e. The predicted octanol–water partition coefficient (Wildman–Crippen LogP) is 1.62. The lowest BCUT2D eigenvalue weighted by Crippen LogP contribution is -2.48. The fourth-order valence-corrected chi connectivity index (χ4v) is 2.39. The zero-order valence-corrected chi connectivity index (χ0v) is 11.4. The van der Waals surface area contributed by atoms with Gasteiger partial charge in [-0.15, -0.1) is 0 Å². The lowest BCUT2D eigenvalue weighted by molar-refractivity contribution is 0.105. The van der Waals surface area contributed by atoms with Gasteiger partial charge in [0.1, 0.15) is 0 Å². The second kappa shape index (κ2) is 6.52. The molecule has 1 aromatic heterocycles. The molecule has 1 saturated heterocycles. The Labute approximate surface area is 113 Å². The molecule has 5 heteroatoms. The van der Waals surface area contributed by atoms with Crippen molar-refractivity contribution >= 4 is 6.09 Å². The van der Waals surface area contributed by atoms with Crippen molar-refractivity contribution in [3.05, 3.63) is 29.6 Å². The Morgan fingerprint density at radius 1 is 1.32 bits per heavy atom. The van der Waals surface area contributed by atoms with Gasteiger partial charge in [0.05, 0.1) is 0 Å². The summed E-state index contributed by atoms with van der Waals surface area (Å²) in [6, 6.07) is 6.12. The molecule has 0 aliphatic carbocycles. The van der Waals surface area contributed by atoms with Crippen molar-refractivity contribution in [1.82, 2.24) is 14.8 Å². The number of aromatic nitrogens is 1. The molecule has 0 bridgehead atoms. The van der Waals surface area contributed by atoms with E-state index in [-0.39, 0.29) is 0 Å². The maximum atomic E-state index is 10.8. The van der Waals surface area contributed by atoms with E-state index in [4.69, 9.17) is 5.11 Å². The molecule has 1 aromatic rings. The van der Waals surface area contributed by atoms with Gasteiger partial charge in [-0.25, -0.2) is 4.79 Å². The Morgan fingerprint density at radius 2 is 2.05 bits per heavy atom. The highest BCUT2D eigenvalue weighted by molar-refractivity contribution is 5.65. The first-order valence-electron chi connectivity index (χ1n) is 6.78. The number of carbonyl (C=O) groups is 1. The van der Waals surface area contributed by atoms with Crippen LogP contribution in [0.4, 0.5) is 4.79 Å². The molecule has 0 radical (unpaired) electrons. The first-order chi connectivity index (χ1) is 9.15. The molecule has 1 N–H and O–H groups in total. The van der Waals surface area contributed by atoms with Crippen molar-refractivity contribution in [2.75, 3.05) is 32.7 Å². The number of carboxylic acid groups (broad SMARTS) is 1. The number of hydrogen-bond donors (Lipinski definition) is 1. The summed E-state index contributed by atoms with van der Waals surface area (Å²) in [4.78, 5) is 19.1. The number of hydrogen-bond acceptors (Lipinski definition) is 3. The summed E-state index contributed by atoms with van der Waals surface area (Å²) in [7, 11) is 0. The van der Waals surface area contributed by atoms with Gasteiger partial charge in [0.25, 0.3) is 0 Å². The third-order valence-electron chi connectivity index (χ3n) is 3.50. The van der Waals surface area contributed by atoms with E-state index in [0.29, 0.717) is 13.1 Å². The molecule has 0 aromatic carbocycles. The van der Waals surface area contributed by atoms with Crippen LogP contribution in [-0.2, 0) is 6.42 Å². The summed E-state index contributed by atoms with van der Waals surface area (Å²) >= 11 is 0. The van der Waals surface area contributed by atoms with Crippen LogP contribution in [0.15, 0.2) is 18.2 Å². The van der Waals surface area contributed by atoms with Crippen LogP contribution >= 0.6 is 0 Å². The van der Waals surface area contributed by atoms with E-state index in [1.54, 1.807) is 0 Å². The van der Waals surface area contributed by atoms with E-state index in [1.165, 1.54) is 4.90 Å². The SMILES string of the molecule is Cc1cccc(CCCN2CCN(C(=O)O)CC2)n1. The lowest BCUT2D eigenvalue weighted by Gasteiger charge is -2.32. The molecule has 0 unspecified atom stereocenters. The quantitative estimate of drug-likeness (QED) is 0.897. The van der Waals surface area contributed by atoms with Crippen LogP contribution in [0.1, 0.15) is 17.8 Å². The lowest BCUT2D eigenvalue weighted by atomic mass is 10.2. The standard InChI is InChI=1S/C14H21N3O2/c1-12-4-2-5-13(15-12)6-3-7-16-8-10-17(11-9-16)14(18)19/h2,4-5H,3,6-11H2,1H3,(H,18,19). The summed E-state index contributed by atoms with van der Waals surface area (Å²) in [6.45, 7) is 5.95. The molecule has 19 heavy (non-hydrogen) atoms. The number of rotatable bonds is 4. The van der Waals surface area contributed by atoms with Crippen molar-refractivity contribution in [2.45, 2.75) is 19.8 Å². The maximum absolute atomic E-state index is 10.8. The zero-order chi connectivity index (χ0) is 13.7. The normalized spacial score (nSPS) is 16.6. The fraction of sp³-hybridized carbons (Fsp3) is 0.571. The topological polar surface area (TPSA) is 56.7 Å². The Morgan fingerprint density at radius 3 is 2.68 bits per heavy atom. The van der Waals surface area contributed by atoms with Crippen LogP contribution in [0.5, 0.6) is 0 Å². The van der Waals surface area contributed by atoms with Crippen molar-refractivity contribution in [1.29, 1.82) is 0 Å². The fourth-order valence-electron chi connectivity index (χ4n) is 2.39. The van der Waals surface area contributed by atoms with Crippen LogP contribution in [0.3, 0.4) is 0 Å². The minimum Gasteiger partial charge on any atom is -0.465 e. The first-order valence-corrected chi connectivity index (χ1v) is 6.78. The summed E-state index contributed by atoms with van der Waals surface area (Å²) in [5.74, 6) is 0. The first kappa shape index (κ1) is 13.8. The van der Waals surface area contributed by atoms with Gasteiger partial charge in [-0.1, -0.05) is 6.07 Å². The highest BCUT2D eigenvalue weighted by Crippen LogP contribution is 2.06. The van der Waals surface area contributed by atoms with Crippen molar-refractivity contribution in [3.63, 3.8) is 0 Å².